The second kappa shape index (κ2) is 5.65. The highest BCUT2D eigenvalue weighted by Gasteiger charge is 2.16. The Hall–Kier alpha value is -2.60. The summed E-state index contributed by atoms with van der Waals surface area (Å²) in [6.45, 7) is 1.89. The van der Waals surface area contributed by atoms with Crippen molar-refractivity contribution in [1.29, 1.82) is 0 Å². The van der Waals surface area contributed by atoms with Gasteiger partial charge in [0, 0.05) is 12.4 Å². The maximum atomic E-state index is 12.2. The molecule has 1 heterocycles. The van der Waals surface area contributed by atoms with Crippen LogP contribution in [0.1, 0.15) is 5.56 Å². The Balaban J connectivity index is 1.82. The molecule has 6 heteroatoms. The Morgan fingerprint density at radius 1 is 1.00 bits per heavy atom. The quantitative estimate of drug-likeness (QED) is 0.695. The lowest BCUT2D eigenvalue weighted by Gasteiger charge is -2.08. The molecule has 0 atom stereocenters. The molecule has 0 saturated carbocycles. The summed E-state index contributed by atoms with van der Waals surface area (Å²) in [6, 6.07) is 15.0. The highest BCUT2D eigenvalue weighted by molar-refractivity contribution is 7.87. The van der Waals surface area contributed by atoms with Gasteiger partial charge in [0.25, 0.3) is 0 Å². The molecule has 0 radical (unpaired) electrons. The predicted octanol–water partition coefficient (Wildman–Crippen LogP) is 2.95. The van der Waals surface area contributed by atoms with Crippen molar-refractivity contribution < 1.29 is 12.6 Å². The molecule has 0 bridgehead atoms. The van der Waals surface area contributed by atoms with Gasteiger partial charge in [-0.1, -0.05) is 17.7 Å². The summed E-state index contributed by atoms with van der Waals surface area (Å²) in [6.07, 6.45) is 3.48. The second-order valence-electron chi connectivity index (χ2n) is 4.80. The minimum absolute atomic E-state index is 0.134. The summed E-state index contributed by atoms with van der Waals surface area (Å²) in [5.74, 6) is 0.261. The molecule has 2 aromatic carbocycles. The second-order valence-corrected chi connectivity index (χ2v) is 6.34. The van der Waals surface area contributed by atoms with Gasteiger partial charge >= 0.3 is 10.1 Å². The lowest BCUT2D eigenvalue weighted by molar-refractivity contribution is 0.486. The molecule has 5 nitrogen and oxygen atoms in total. The molecule has 0 aliphatic heterocycles. The normalized spacial score (nSPS) is 11.3. The molecule has 0 unspecified atom stereocenters. The van der Waals surface area contributed by atoms with E-state index in [1.165, 1.54) is 12.1 Å². The molecular weight excluding hydrogens is 300 g/mol. The summed E-state index contributed by atoms with van der Waals surface area (Å²) in [5.41, 5.74) is 1.81. The lowest BCUT2D eigenvalue weighted by atomic mass is 10.2. The molecule has 0 aliphatic carbocycles. The Kier molecular flexibility index (Phi) is 3.68. The molecule has 0 fully saturated rings. The van der Waals surface area contributed by atoms with Crippen molar-refractivity contribution in [3.63, 3.8) is 0 Å². The van der Waals surface area contributed by atoms with Crippen LogP contribution in [0.2, 0.25) is 0 Å². The molecule has 1 aromatic heterocycles. The number of rotatable bonds is 4. The number of hydrogen-bond donors (Lipinski definition) is 0. The van der Waals surface area contributed by atoms with Crippen molar-refractivity contribution in [2.24, 2.45) is 0 Å². The van der Waals surface area contributed by atoms with Crippen molar-refractivity contribution in [3.8, 4) is 11.4 Å². The van der Waals surface area contributed by atoms with Crippen LogP contribution in [0.3, 0.4) is 0 Å². The van der Waals surface area contributed by atoms with E-state index in [1.807, 2.05) is 13.0 Å². The number of aromatic nitrogens is 2. The van der Waals surface area contributed by atoms with Crippen LogP contribution in [0, 0.1) is 6.92 Å². The highest BCUT2D eigenvalue weighted by atomic mass is 32.2. The van der Waals surface area contributed by atoms with Crippen LogP contribution >= 0.6 is 0 Å². The molecule has 0 N–H and O–H groups in total. The van der Waals surface area contributed by atoms with Crippen LogP contribution in [0.25, 0.3) is 5.69 Å². The molecule has 0 aliphatic rings. The van der Waals surface area contributed by atoms with Gasteiger partial charge in [-0.2, -0.15) is 13.5 Å². The van der Waals surface area contributed by atoms with E-state index >= 15 is 0 Å². The van der Waals surface area contributed by atoms with Crippen molar-refractivity contribution in [2.75, 3.05) is 0 Å². The third-order valence-electron chi connectivity index (χ3n) is 3.12. The molecule has 112 valence electrons. The monoisotopic (exact) mass is 314 g/mol. The van der Waals surface area contributed by atoms with Gasteiger partial charge in [0.05, 0.1) is 5.69 Å². The summed E-state index contributed by atoms with van der Waals surface area (Å²) in [7, 11) is -3.82. The molecule has 0 spiro atoms. The van der Waals surface area contributed by atoms with Gasteiger partial charge in [0.2, 0.25) is 0 Å². The summed E-state index contributed by atoms with van der Waals surface area (Å²) in [4.78, 5) is 0.134. The number of hydrogen-bond acceptors (Lipinski definition) is 4. The molecule has 0 saturated heterocycles. The van der Waals surface area contributed by atoms with E-state index < -0.39 is 10.1 Å². The fourth-order valence-corrected chi connectivity index (χ4v) is 2.89. The average molecular weight is 314 g/mol. The number of aryl methyl sites for hydroxylation is 1. The molecule has 3 rings (SSSR count). The smallest absolute Gasteiger partial charge is 0.339 e. The van der Waals surface area contributed by atoms with Crippen LogP contribution < -0.4 is 4.18 Å². The Labute approximate surface area is 128 Å². The van der Waals surface area contributed by atoms with Crippen LogP contribution in [-0.2, 0) is 10.1 Å². The highest BCUT2D eigenvalue weighted by Crippen LogP contribution is 2.20. The van der Waals surface area contributed by atoms with E-state index in [2.05, 4.69) is 5.10 Å². The minimum atomic E-state index is -3.82. The summed E-state index contributed by atoms with van der Waals surface area (Å²) in [5, 5.41) is 4.10. The fraction of sp³-hybridized carbons (Fsp3) is 0.0625. The third kappa shape index (κ3) is 3.01. The van der Waals surface area contributed by atoms with Crippen LogP contribution in [-0.4, -0.2) is 18.2 Å². The zero-order valence-corrected chi connectivity index (χ0v) is 12.7. The van der Waals surface area contributed by atoms with Crippen molar-refractivity contribution in [3.05, 3.63) is 72.6 Å². The van der Waals surface area contributed by atoms with Gasteiger partial charge in [-0.3, -0.25) is 0 Å². The number of benzene rings is 2. The zero-order chi connectivity index (χ0) is 15.6. The number of nitrogens with zero attached hydrogens (tertiary/aromatic N) is 2. The van der Waals surface area contributed by atoms with Gasteiger partial charge in [0.1, 0.15) is 10.6 Å². The van der Waals surface area contributed by atoms with E-state index in [-0.39, 0.29) is 10.6 Å². The van der Waals surface area contributed by atoms with Crippen LogP contribution in [0.5, 0.6) is 5.75 Å². The Morgan fingerprint density at radius 3 is 2.27 bits per heavy atom. The average Bonchev–Trinajstić information content (AvgIpc) is 3.02. The van der Waals surface area contributed by atoms with Gasteiger partial charge in [-0.25, -0.2) is 4.68 Å². The first-order chi connectivity index (χ1) is 10.5. The van der Waals surface area contributed by atoms with E-state index in [0.29, 0.717) is 0 Å². The predicted molar refractivity (Wildman–Crippen MR) is 82.6 cm³/mol. The van der Waals surface area contributed by atoms with E-state index in [4.69, 9.17) is 4.18 Å². The SMILES string of the molecule is Cc1ccc(S(=O)(=O)Oc2ccc(-n3cccn3)cc2)cc1. The first-order valence-corrected chi connectivity index (χ1v) is 8.07. The van der Waals surface area contributed by atoms with Crippen LogP contribution in [0.15, 0.2) is 71.9 Å². The standard InChI is InChI=1S/C16H14N2O3S/c1-13-3-9-16(10-4-13)22(19,20)21-15-7-5-14(6-8-15)18-12-2-11-17-18/h2-12H,1H3. The zero-order valence-electron chi connectivity index (χ0n) is 11.9. The van der Waals surface area contributed by atoms with E-state index in [1.54, 1.807) is 53.5 Å². The van der Waals surface area contributed by atoms with Gasteiger partial charge in [0.15, 0.2) is 0 Å². The largest absolute Gasteiger partial charge is 0.379 e. The first-order valence-electron chi connectivity index (χ1n) is 6.66. The first kappa shape index (κ1) is 14.3. The Bertz CT molecular complexity index is 853. The minimum Gasteiger partial charge on any atom is -0.379 e. The maximum absolute atomic E-state index is 12.2. The van der Waals surface area contributed by atoms with E-state index in [9.17, 15) is 8.42 Å². The summed E-state index contributed by atoms with van der Waals surface area (Å²) < 4.78 is 31.2. The molecular formula is C16H14N2O3S. The lowest BCUT2D eigenvalue weighted by Crippen LogP contribution is -2.09. The molecule has 3 aromatic rings. The van der Waals surface area contributed by atoms with Crippen LogP contribution in [0.4, 0.5) is 0 Å². The third-order valence-corrected chi connectivity index (χ3v) is 4.38. The fourth-order valence-electron chi connectivity index (χ4n) is 1.96. The van der Waals surface area contributed by atoms with Crippen molar-refractivity contribution >= 4 is 10.1 Å². The van der Waals surface area contributed by atoms with E-state index in [0.717, 1.165) is 11.3 Å². The van der Waals surface area contributed by atoms with Crippen molar-refractivity contribution in [1.82, 2.24) is 9.78 Å². The molecule has 22 heavy (non-hydrogen) atoms. The topological polar surface area (TPSA) is 61.2 Å². The van der Waals surface area contributed by atoms with Gasteiger partial charge in [-0.15, -0.1) is 0 Å². The van der Waals surface area contributed by atoms with Gasteiger partial charge in [-0.05, 0) is 49.4 Å². The summed E-state index contributed by atoms with van der Waals surface area (Å²) >= 11 is 0. The van der Waals surface area contributed by atoms with Gasteiger partial charge < -0.3 is 4.18 Å². The molecule has 0 amide bonds. The van der Waals surface area contributed by atoms with Crippen molar-refractivity contribution in [2.45, 2.75) is 11.8 Å². The Morgan fingerprint density at radius 2 is 1.68 bits per heavy atom. The maximum Gasteiger partial charge on any atom is 0.339 e.